The molecule has 0 aliphatic rings. The van der Waals surface area contributed by atoms with Gasteiger partial charge in [0.1, 0.15) is 16.5 Å². The second-order valence-electron chi connectivity index (χ2n) is 19.9. The van der Waals surface area contributed by atoms with Crippen LogP contribution >= 0.6 is 17.0 Å². The number of halogens is 2. The SMILES string of the molecule is Cc1ccc2c(c1)c1c(c3ccccc3[c-]1[Si](C)(CCCCCCOC(C)(C)C)[c-]1c3ccccc3c3c1c1cc(C)ccc1n3[Si](C)(C)C)n2[Si](C)(C)C.[Cl][Zr+2][Cl]. The Morgan fingerprint density at radius 1 is 0.586 bits per heavy atom. The van der Waals surface area contributed by atoms with Crippen molar-refractivity contribution < 1.29 is 25.6 Å². The fraction of sp³-hybridized carbons (Fsp3) is 0.388. The van der Waals surface area contributed by atoms with Crippen LogP contribution in [0.5, 0.6) is 0 Å². The summed E-state index contributed by atoms with van der Waals surface area (Å²) >= 11 is -0.826. The standard InChI is InChI=1S/C49H62N2OSi3.2ClH.Zr/c1-33-25-27-41-39(31-33)43-45(50(41)53(6,7)8)35-21-15-17-23-37(35)47(43)55(12,30-20-14-13-19-29-52-49(3,4)5)48-38-24-18-16-22-36(38)46-44(48)40-32-34(2)26-28-42(40)51(46)54(9,10)11;;;/h15-18,21-28,31-32H,13-14,19-20,29-30H2,1-12H3;2*1H;/q-2;;;+4/p-2. The first kappa shape index (κ1) is 43.8. The molecule has 0 fully saturated rings. The van der Waals surface area contributed by atoms with Crippen molar-refractivity contribution in [1.82, 2.24) is 8.47 Å². The number of aryl methyl sites for hydroxylation is 2. The average molecular weight is 941 g/mol. The van der Waals surface area contributed by atoms with Crippen LogP contribution in [0.3, 0.4) is 0 Å². The van der Waals surface area contributed by atoms with E-state index in [4.69, 9.17) is 21.8 Å². The molecule has 0 aliphatic carbocycles. The molecule has 0 radical (unpaired) electrons. The molecule has 0 aliphatic heterocycles. The maximum atomic E-state index is 6.16. The minimum absolute atomic E-state index is 0.0825. The maximum absolute atomic E-state index is 6.16. The quantitative estimate of drug-likeness (QED) is 0.0718. The fourth-order valence-corrected chi connectivity index (χ4v) is 18.7. The van der Waals surface area contributed by atoms with Gasteiger partial charge in [-0.05, 0) is 64.2 Å². The summed E-state index contributed by atoms with van der Waals surface area (Å²) in [5.41, 5.74) is 8.40. The van der Waals surface area contributed by atoms with Gasteiger partial charge in [-0.3, -0.25) is 0 Å². The van der Waals surface area contributed by atoms with Crippen molar-refractivity contribution in [2.75, 3.05) is 6.61 Å². The Labute approximate surface area is 368 Å². The van der Waals surface area contributed by atoms with E-state index in [0.29, 0.717) is 0 Å². The Morgan fingerprint density at radius 3 is 1.41 bits per heavy atom. The van der Waals surface area contributed by atoms with Crippen LogP contribution in [0.1, 0.15) is 57.6 Å². The van der Waals surface area contributed by atoms with Gasteiger partial charge in [-0.15, -0.1) is 33.3 Å². The van der Waals surface area contributed by atoms with E-state index in [1.807, 2.05) is 0 Å². The monoisotopic (exact) mass is 938 g/mol. The molecular weight excluding hydrogens is 879 g/mol. The zero-order valence-corrected chi connectivity index (χ0v) is 43.9. The van der Waals surface area contributed by atoms with Gasteiger partial charge in [0.25, 0.3) is 0 Å². The second-order valence-corrected chi connectivity index (χ2v) is 37.3. The van der Waals surface area contributed by atoms with Crippen molar-refractivity contribution in [3.8, 4) is 0 Å². The van der Waals surface area contributed by atoms with Crippen LogP contribution in [0.15, 0.2) is 84.9 Å². The molecule has 0 saturated carbocycles. The summed E-state index contributed by atoms with van der Waals surface area (Å²) in [6.45, 7) is 29.8. The topological polar surface area (TPSA) is 19.1 Å². The number of rotatable bonds is 11. The summed E-state index contributed by atoms with van der Waals surface area (Å²) in [7, 11) is 3.65. The average Bonchev–Trinajstić information content (AvgIpc) is 3.85. The molecule has 0 spiro atoms. The van der Waals surface area contributed by atoms with Crippen molar-refractivity contribution >= 4 is 117 Å². The summed E-state index contributed by atoms with van der Waals surface area (Å²) < 4.78 is 11.8. The number of aromatic nitrogens is 2. The molecule has 3 nitrogen and oxygen atoms in total. The van der Waals surface area contributed by atoms with Gasteiger partial charge in [-0.25, -0.2) is 0 Å². The van der Waals surface area contributed by atoms with Gasteiger partial charge >= 0.3 is 37.9 Å². The summed E-state index contributed by atoms with van der Waals surface area (Å²) in [5, 5.41) is 15.2. The number of hydrogen-bond donors (Lipinski definition) is 0. The van der Waals surface area contributed by atoms with Crippen molar-refractivity contribution in [2.24, 2.45) is 0 Å². The van der Waals surface area contributed by atoms with Gasteiger partial charge < -0.3 is 13.2 Å². The molecule has 58 heavy (non-hydrogen) atoms. The molecule has 304 valence electrons. The van der Waals surface area contributed by atoms with Gasteiger partial charge in [0.2, 0.25) is 0 Å². The zero-order chi connectivity index (χ0) is 41.9. The first-order chi connectivity index (χ1) is 27.3. The Hall–Kier alpha value is -2.23. The Kier molecular flexibility index (Phi) is 12.5. The third-order valence-electron chi connectivity index (χ3n) is 12.2. The van der Waals surface area contributed by atoms with E-state index >= 15 is 0 Å². The van der Waals surface area contributed by atoms with E-state index in [0.717, 1.165) is 13.0 Å². The van der Waals surface area contributed by atoms with Crippen molar-refractivity contribution in [2.45, 2.75) is 118 Å². The van der Waals surface area contributed by atoms with Crippen LogP contribution in [-0.2, 0) is 25.6 Å². The van der Waals surface area contributed by atoms with Crippen LogP contribution in [0, 0.1) is 13.8 Å². The van der Waals surface area contributed by atoms with Crippen LogP contribution in [0.25, 0.3) is 65.2 Å². The van der Waals surface area contributed by atoms with E-state index in [-0.39, 0.29) is 5.60 Å². The summed E-state index contributed by atoms with van der Waals surface area (Å²) in [6.07, 6.45) is 4.77. The first-order valence-corrected chi connectivity index (χ1v) is 37.1. The molecule has 0 unspecified atom stereocenters. The molecule has 2 aromatic heterocycles. The van der Waals surface area contributed by atoms with Crippen molar-refractivity contribution in [1.29, 1.82) is 0 Å². The summed E-state index contributed by atoms with van der Waals surface area (Å²) in [5.74, 6) is 0. The van der Waals surface area contributed by atoms with E-state index in [9.17, 15) is 0 Å². The number of unbranched alkanes of at least 4 members (excludes halogenated alkanes) is 3. The predicted octanol–water partition coefficient (Wildman–Crippen LogP) is 14.6. The van der Waals surface area contributed by atoms with Crippen LogP contribution in [-0.4, -0.2) is 45.2 Å². The molecular formula is C49H62Cl2N2OSi3Zr. The third-order valence-corrected chi connectivity index (χ3v) is 20.4. The second kappa shape index (κ2) is 16.6. The minimum atomic E-state index is -2.54. The molecule has 0 atom stereocenters. The van der Waals surface area contributed by atoms with Crippen LogP contribution in [0.2, 0.25) is 51.9 Å². The van der Waals surface area contributed by atoms with Crippen molar-refractivity contribution in [3.63, 3.8) is 0 Å². The molecule has 9 heteroatoms. The number of hydrogen-bond acceptors (Lipinski definition) is 1. The molecule has 0 amide bonds. The van der Waals surface area contributed by atoms with Gasteiger partial charge in [-0.1, -0.05) is 186 Å². The molecule has 0 N–H and O–H groups in total. The summed E-state index contributed by atoms with van der Waals surface area (Å²) in [4.78, 5) is 0. The molecule has 8 aromatic rings. The zero-order valence-electron chi connectivity index (χ0n) is 36.9. The summed E-state index contributed by atoms with van der Waals surface area (Å²) in [6, 6.07) is 34.8. The molecule has 8 rings (SSSR count). The van der Waals surface area contributed by atoms with E-state index < -0.39 is 45.4 Å². The van der Waals surface area contributed by atoms with Gasteiger partial charge in [0.05, 0.1) is 5.60 Å². The number of benzene rings is 4. The molecule has 0 bridgehead atoms. The Balaban J connectivity index is 0.00000166. The van der Waals surface area contributed by atoms with E-state index in [1.165, 1.54) is 90.8 Å². The number of nitrogens with zero attached hydrogens (tertiary/aromatic N) is 2. The number of ether oxygens (including phenoxy) is 1. The normalized spacial score (nSPS) is 13.1. The first-order valence-electron chi connectivity index (χ1n) is 21.2. The fourth-order valence-electron chi connectivity index (χ4n) is 10.1. The molecule has 2 heterocycles. The molecule has 0 saturated heterocycles. The Bertz CT molecular complexity index is 2600. The van der Waals surface area contributed by atoms with Gasteiger partial charge in [0, 0.05) is 14.7 Å². The predicted molar refractivity (Wildman–Crippen MR) is 264 cm³/mol. The van der Waals surface area contributed by atoms with E-state index in [2.05, 4.69) is 174 Å². The van der Waals surface area contributed by atoms with Crippen LogP contribution in [0.4, 0.5) is 0 Å². The van der Waals surface area contributed by atoms with Gasteiger partial charge in [-0.2, -0.15) is 0 Å². The van der Waals surface area contributed by atoms with E-state index in [1.54, 1.807) is 21.1 Å². The number of fused-ring (bicyclic) bond motifs is 10. The third kappa shape index (κ3) is 7.89. The Morgan fingerprint density at radius 2 is 1.00 bits per heavy atom. The molecule has 6 aromatic carbocycles. The van der Waals surface area contributed by atoms with Crippen LogP contribution < -0.4 is 10.4 Å². The van der Waals surface area contributed by atoms with Crippen molar-refractivity contribution in [3.05, 3.63) is 96.1 Å². The van der Waals surface area contributed by atoms with Gasteiger partial charge in [0.15, 0.2) is 0 Å².